The zero-order chi connectivity index (χ0) is 17.6. The first-order valence-electron chi connectivity index (χ1n) is 7.71. The number of para-hydroxylation sites is 1. The number of amides is 1. The molecule has 25 heavy (non-hydrogen) atoms. The molecule has 0 aliphatic rings. The van der Waals surface area contributed by atoms with Crippen molar-refractivity contribution in [3.63, 3.8) is 0 Å². The summed E-state index contributed by atoms with van der Waals surface area (Å²) in [6.45, 7) is -0.145. The third-order valence-electron chi connectivity index (χ3n) is 3.65. The minimum absolute atomic E-state index is 0.145. The van der Waals surface area contributed by atoms with E-state index in [-0.39, 0.29) is 12.6 Å². The van der Waals surface area contributed by atoms with Gasteiger partial charge in [-0.15, -0.1) is 0 Å². The molecule has 6 heteroatoms. The minimum atomic E-state index is -0.820. The predicted molar refractivity (Wildman–Crippen MR) is 90.0 cm³/mol. The lowest BCUT2D eigenvalue weighted by Gasteiger charge is -2.17. The third-order valence-corrected chi connectivity index (χ3v) is 3.65. The van der Waals surface area contributed by atoms with Gasteiger partial charge in [-0.25, -0.2) is 8.78 Å². The van der Waals surface area contributed by atoms with Crippen molar-refractivity contribution in [3.05, 3.63) is 89.9 Å². The smallest absolute Gasteiger partial charge is 0.238 e. The lowest BCUT2D eigenvalue weighted by Crippen LogP contribution is -2.32. The Morgan fingerprint density at radius 3 is 2.32 bits per heavy atom. The molecule has 2 aromatic carbocycles. The molecule has 0 fully saturated rings. The highest BCUT2D eigenvalue weighted by Crippen LogP contribution is 2.22. The standard InChI is InChI=1S/C19H16F2N2O2/c20-14-8-4-9-15(21)19(14)23-17(24)12-22-18(16-10-5-11-25-16)13-6-2-1-3-7-13/h1-11,18,22H,12H2,(H,23,24)/t18-/m1/s1. The van der Waals surface area contributed by atoms with E-state index >= 15 is 0 Å². The molecular formula is C19H16F2N2O2. The van der Waals surface area contributed by atoms with Crippen LogP contribution in [0.4, 0.5) is 14.5 Å². The van der Waals surface area contributed by atoms with Crippen LogP contribution in [0, 0.1) is 11.6 Å². The summed E-state index contributed by atoms with van der Waals surface area (Å²) in [7, 11) is 0. The van der Waals surface area contributed by atoms with E-state index in [9.17, 15) is 13.6 Å². The van der Waals surface area contributed by atoms with E-state index in [1.165, 1.54) is 6.07 Å². The number of rotatable bonds is 6. The van der Waals surface area contributed by atoms with Gasteiger partial charge in [0.15, 0.2) is 0 Å². The van der Waals surface area contributed by atoms with E-state index < -0.39 is 23.2 Å². The molecule has 0 spiro atoms. The second-order valence-corrected chi connectivity index (χ2v) is 5.38. The van der Waals surface area contributed by atoms with E-state index in [1.54, 1.807) is 18.4 Å². The molecule has 0 aliphatic heterocycles. The number of carbonyl (C=O) groups is 1. The molecule has 1 amide bonds. The third kappa shape index (κ3) is 4.10. The Morgan fingerprint density at radius 1 is 0.960 bits per heavy atom. The number of furan rings is 1. The van der Waals surface area contributed by atoms with E-state index in [0.717, 1.165) is 17.7 Å². The van der Waals surface area contributed by atoms with E-state index in [1.807, 2.05) is 30.3 Å². The van der Waals surface area contributed by atoms with Crippen molar-refractivity contribution in [3.8, 4) is 0 Å². The molecule has 3 rings (SSSR count). The highest BCUT2D eigenvalue weighted by molar-refractivity contribution is 5.92. The van der Waals surface area contributed by atoms with Crippen molar-refractivity contribution in [1.82, 2.24) is 5.32 Å². The van der Waals surface area contributed by atoms with Crippen LogP contribution in [0.3, 0.4) is 0 Å². The minimum Gasteiger partial charge on any atom is -0.467 e. The topological polar surface area (TPSA) is 54.3 Å². The first-order chi connectivity index (χ1) is 12.1. The summed E-state index contributed by atoms with van der Waals surface area (Å²) in [6.07, 6.45) is 1.54. The first kappa shape index (κ1) is 16.9. The summed E-state index contributed by atoms with van der Waals surface area (Å²) in [5.41, 5.74) is 0.450. The molecule has 0 unspecified atom stereocenters. The zero-order valence-corrected chi connectivity index (χ0v) is 13.2. The highest BCUT2D eigenvalue weighted by atomic mass is 19.1. The first-order valence-corrected chi connectivity index (χ1v) is 7.71. The second kappa shape index (κ2) is 7.72. The van der Waals surface area contributed by atoms with Crippen LogP contribution in [0.2, 0.25) is 0 Å². The monoisotopic (exact) mass is 342 g/mol. The summed E-state index contributed by atoms with van der Waals surface area (Å²) >= 11 is 0. The number of anilines is 1. The van der Waals surface area contributed by atoms with Gasteiger partial charge in [0, 0.05) is 0 Å². The van der Waals surface area contributed by atoms with Crippen molar-refractivity contribution in [2.75, 3.05) is 11.9 Å². The van der Waals surface area contributed by atoms with Gasteiger partial charge in [-0.05, 0) is 29.8 Å². The summed E-state index contributed by atoms with van der Waals surface area (Å²) in [5, 5.41) is 5.30. The quantitative estimate of drug-likeness (QED) is 0.715. The SMILES string of the molecule is O=C(CN[C@H](c1ccccc1)c1ccco1)Nc1c(F)cccc1F. The van der Waals surface area contributed by atoms with Gasteiger partial charge in [0.05, 0.1) is 18.8 Å². The number of nitrogens with one attached hydrogen (secondary N) is 2. The van der Waals surface area contributed by atoms with Crippen molar-refractivity contribution in [2.24, 2.45) is 0 Å². The molecule has 1 aromatic heterocycles. The molecule has 4 nitrogen and oxygen atoms in total. The van der Waals surface area contributed by atoms with Gasteiger partial charge in [-0.2, -0.15) is 0 Å². The van der Waals surface area contributed by atoms with Gasteiger partial charge < -0.3 is 9.73 Å². The number of hydrogen-bond donors (Lipinski definition) is 2. The normalized spacial score (nSPS) is 11.9. The van der Waals surface area contributed by atoms with E-state index in [0.29, 0.717) is 5.76 Å². The maximum atomic E-state index is 13.6. The Balaban J connectivity index is 1.70. The number of carbonyl (C=O) groups excluding carboxylic acids is 1. The number of halogens is 2. The fourth-order valence-electron chi connectivity index (χ4n) is 2.48. The largest absolute Gasteiger partial charge is 0.467 e. The van der Waals surface area contributed by atoms with E-state index in [4.69, 9.17) is 4.42 Å². The van der Waals surface area contributed by atoms with Crippen LogP contribution < -0.4 is 10.6 Å². The summed E-state index contributed by atoms with van der Waals surface area (Å²) in [6, 6.07) is 16.0. The predicted octanol–water partition coefficient (Wildman–Crippen LogP) is 3.88. The van der Waals surface area contributed by atoms with Crippen LogP contribution in [-0.4, -0.2) is 12.5 Å². The molecule has 1 heterocycles. The van der Waals surface area contributed by atoms with Crippen LogP contribution in [0.25, 0.3) is 0 Å². The maximum absolute atomic E-state index is 13.6. The lowest BCUT2D eigenvalue weighted by molar-refractivity contribution is -0.115. The van der Waals surface area contributed by atoms with Crippen LogP contribution >= 0.6 is 0 Å². The summed E-state index contributed by atoms with van der Waals surface area (Å²) in [5.74, 6) is -1.56. The van der Waals surface area contributed by atoms with Crippen LogP contribution in [0.1, 0.15) is 17.4 Å². The lowest BCUT2D eigenvalue weighted by atomic mass is 10.0. The van der Waals surface area contributed by atoms with Crippen molar-refractivity contribution < 1.29 is 18.0 Å². The Morgan fingerprint density at radius 2 is 1.68 bits per heavy atom. The molecule has 0 bridgehead atoms. The van der Waals surface area contributed by atoms with Crippen molar-refractivity contribution >= 4 is 11.6 Å². The Hall–Kier alpha value is -2.99. The molecule has 0 aliphatic carbocycles. The van der Waals surface area contributed by atoms with E-state index in [2.05, 4.69) is 10.6 Å². The van der Waals surface area contributed by atoms with Gasteiger partial charge in [-0.1, -0.05) is 36.4 Å². The van der Waals surface area contributed by atoms with Crippen molar-refractivity contribution in [2.45, 2.75) is 6.04 Å². The van der Waals surface area contributed by atoms with Crippen LogP contribution in [0.15, 0.2) is 71.3 Å². The Kier molecular flexibility index (Phi) is 5.20. The molecule has 0 radical (unpaired) electrons. The fourth-order valence-corrected chi connectivity index (χ4v) is 2.48. The highest BCUT2D eigenvalue weighted by Gasteiger charge is 2.18. The fraction of sp³-hybridized carbons (Fsp3) is 0.105. The van der Waals surface area contributed by atoms with Gasteiger partial charge in [-0.3, -0.25) is 10.1 Å². The Bertz CT molecular complexity index is 816. The molecule has 1 atom stereocenters. The van der Waals surface area contributed by atoms with Gasteiger partial charge in [0.1, 0.15) is 23.1 Å². The molecule has 128 valence electrons. The Labute approximate surface area is 143 Å². The maximum Gasteiger partial charge on any atom is 0.238 e. The summed E-state index contributed by atoms with van der Waals surface area (Å²) < 4.78 is 32.6. The zero-order valence-electron chi connectivity index (χ0n) is 13.2. The molecular weight excluding hydrogens is 326 g/mol. The van der Waals surface area contributed by atoms with Gasteiger partial charge in [0.2, 0.25) is 5.91 Å². The van der Waals surface area contributed by atoms with Gasteiger partial charge >= 0.3 is 0 Å². The second-order valence-electron chi connectivity index (χ2n) is 5.38. The molecule has 3 aromatic rings. The number of benzene rings is 2. The van der Waals surface area contributed by atoms with Crippen LogP contribution in [-0.2, 0) is 4.79 Å². The van der Waals surface area contributed by atoms with Gasteiger partial charge in [0.25, 0.3) is 0 Å². The number of hydrogen-bond acceptors (Lipinski definition) is 3. The average molecular weight is 342 g/mol. The molecule has 0 saturated carbocycles. The molecule has 2 N–H and O–H groups in total. The van der Waals surface area contributed by atoms with Crippen LogP contribution in [0.5, 0.6) is 0 Å². The average Bonchev–Trinajstić information content (AvgIpc) is 3.14. The molecule has 0 saturated heterocycles. The van der Waals surface area contributed by atoms with Crippen molar-refractivity contribution in [1.29, 1.82) is 0 Å². The summed E-state index contributed by atoms with van der Waals surface area (Å²) in [4.78, 5) is 12.1.